The van der Waals surface area contributed by atoms with E-state index >= 15 is 0 Å². The van der Waals surface area contributed by atoms with Gasteiger partial charge in [0, 0.05) is 24.8 Å². The van der Waals surface area contributed by atoms with E-state index in [-0.39, 0.29) is 5.91 Å². The van der Waals surface area contributed by atoms with Crippen LogP contribution < -0.4 is 0 Å². The van der Waals surface area contributed by atoms with Gasteiger partial charge in [-0.3, -0.25) is 4.79 Å². The lowest BCUT2D eigenvalue weighted by atomic mass is 9.99. The number of carbonyl (C=O) groups excluding carboxylic acids is 1. The molecule has 0 bridgehead atoms. The topological polar surface area (TPSA) is 62.5 Å². The van der Waals surface area contributed by atoms with Crippen molar-refractivity contribution in [2.45, 2.75) is 52.0 Å². The Bertz CT molecular complexity index is 771. The lowest BCUT2D eigenvalue weighted by molar-refractivity contribution is 0.0591. The molecule has 1 amide bonds. The smallest absolute Gasteiger partial charge is 0.258 e. The van der Waals surface area contributed by atoms with E-state index in [1.807, 2.05) is 24.8 Å². The van der Waals surface area contributed by atoms with Crippen LogP contribution in [-0.4, -0.2) is 58.1 Å². The van der Waals surface area contributed by atoms with E-state index in [0.717, 1.165) is 42.7 Å². The Balaban J connectivity index is 1.50. The average molecular weight is 342 g/mol. The zero-order valence-corrected chi connectivity index (χ0v) is 15.1. The number of pyridine rings is 1. The molecule has 2 aromatic rings. The molecular formula is C19H26N4O2. The summed E-state index contributed by atoms with van der Waals surface area (Å²) >= 11 is 0. The summed E-state index contributed by atoms with van der Waals surface area (Å²) in [6.07, 6.45) is 6.15. The van der Waals surface area contributed by atoms with E-state index in [1.165, 1.54) is 32.4 Å². The van der Waals surface area contributed by atoms with Gasteiger partial charge >= 0.3 is 0 Å². The van der Waals surface area contributed by atoms with E-state index in [1.54, 1.807) is 0 Å². The first-order valence-electron chi connectivity index (χ1n) is 9.40. The maximum Gasteiger partial charge on any atom is 0.258 e. The number of fused-ring (bicyclic) bond motifs is 1. The Morgan fingerprint density at radius 2 is 1.84 bits per heavy atom. The van der Waals surface area contributed by atoms with Crippen LogP contribution in [0.1, 0.15) is 53.8 Å². The predicted molar refractivity (Wildman–Crippen MR) is 95.6 cm³/mol. The maximum atomic E-state index is 13.1. The normalized spacial score (nSPS) is 20.3. The molecule has 0 atom stereocenters. The van der Waals surface area contributed by atoms with E-state index in [0.29, 0.717) is 17.3 Å². The Morgan fingerprint density at radius 3 is 2.56 bits per heavy atom. The van der Waals surface area contributed by atoms with Crippen molar-refractivity contribution in [3.8, 4) is 0 Å². The molecule has 2 fully saturated rings. The number of nitrogens with zero attached hydrogens (tertiary/aromatic N) is 4. The first-order chi connectivity index (χ1) is 12.1. The number of hydrogen-bond donors (Lipinski definition) is 0. The first-order valence-corrected chi connectivity index (χ1v) is 9.40. The molecular weight excluding hydrogens is 316 g/mol. The van der Waals surface area contributed by atoms with Gasteiger partial charge in [-0.1, -0.05) is 11.6 Å². The third-order valence-corrected chi connectivity index (χ3v) is 5.63. The second-order valence-electron chi connectivity index (χ2n) is 7.38. The number of piperidine rings is 2. The molecule has 25 heavy (non-hydrogen) atoms. The first kappa shape index (κ1) is 16.5. The van der Waals surface area contributed by atoms with Crippen molar-refractivity contribution in [3.63, 3.8) is 0 Å². The Hall–Kier alpha value is -1.95. The van der Waals surface area contributed by atoms with Crippen molar-refractivity contribution in [2.75, 3.05) is 26.2 Å². The highest BCUT2D eigenvalue weighted by atomic mass is 16.5. The highest BCUT2D eigenvalue weighted by Gasteiger charge is 2.29. The van der Waals surface area contributed by atoms with Gasteiger partial charge in [0.1, 0.15) is 0 Å². The van der Waals surface area contributed by atoms with Crippen LogP contribution in [-0.2, 0) is 0 Å². The minimum absolute atomic E-state index is 0.0823. The number of rotatable bonds is 2. The number of amides is 1. The summed E-state index contributed by atoms with van der Waals surface area (Å²) in [5.74, 6) is 0.0823. The van der Waals surface area contributed by atoms with Crippen molar-refractivity contribution >= 4 is 17.0 Å². The van der Waals surface area contributed by atoms with Crippen molar-refractivity contribution in [1.82, 2.24) is 19.9 Å². The summed E-state index contributed by atoms with van der Waals surface area (Å²) in [5.41, 5.74) is 2.66. The Kier molecular flexibility index (Phi) is 4.46. The number of aryl methyl sites for hydroxylation is 2. The standard InChI is InChI=1S/C19H26N4O2/c1-13-12-16(17-14(2)21-25-18(17)20-13)19(24)23-10-6-15(7-11-23)22-8-4-3-5-9-22/h12,15H,3-11H2,1-2H3. The second-order valence-corrected chi connectivity index (χ2v) is 7.38. The number of hydrogen-bond acceptors (Lipinski definition) is 5. The van der Waals surface area contributed by atoms with Crippen molar-refractivity contribution < 1.29 is 9.32 Å². The molecule has 0 N–H and O–H groups in total. The van der Waals surface area contributed by atoms with Crippen molar-refractivity contribution in [3.05, 3.63) is 23.0 Å². The van der Waals surface area contributed by atoms with Crippen LogP contribution >= 0.6 is 0 Å². The second kappa shape index (κ2) is 6.75. The zero-order valence-electron chi connectivity index (χ0n) is 15.1. The van der Waals surface area contributed by atoms with Gasteiger partial charge in [0.25, 0.3) is 11.6 Å². The Labute approximate surface area is 148 Å². The van der Waals surface area contributed by atoms with Gasteiger partial charge in [-0.05, 0) is 58.7 Å². The van der Waals surface area contributed by atoms with Crippen LogP contribution in [0.5, 0.6) is 0 Å². The molecule has 2 saturated heterocycles. The fraction of sp³-hybridized carbons (Fsp3) is 0.632. The third kappa shape index (κ3) is 3.15. The monoisotopic (exact) mass is 342 g/mol. The van der Waals surface area contributed by atoms with Gasteiger partial charge in [-0.25, -0.2) is 4.98 Å². The van der Waals surface area contributed by atoms with Gasteiger partial charge in [0.2, 0.25) is 0 Å². The molecule has 0 saturated carbocycles. The lowest BCUT2D eigenvalue weighted by Gasteiger charge is -2.40. The minimum atomic E-state index is 0.0823. The summed E-state index contributed by atoms with van der Waals surface area (Å²) in [6, 6.07) is 2.51. The van der Waals surface area contributed by atoms with E-state index in [4.69, 9.17) is 4.52 Å². The average Bonchev–Trinajstić information content (AvgIpc) is 3.02. The van der Waals surface area contributed by atoms with E-state index in [9.17, 15) is 4.79 Å². The summed E-state index contributed by atoms with van der Waals surface area (Å²) in [6.45, 7) is 7.85. The fourth-order valence-corrected chi connectivity index (χ4v) is 4.27. The molecule has 6 heteroatoms. The quantitative estimate of drug-likeness (QED) is 0.840. The van der Waals surface area contributed by atoms with Crippen LogP contribution in [0.25, 0.3) is 11.1 Å². The highest BCUT2D eigenvalue weighted by molar-refractivity contribution is 6.06. The van der Waals surface area contributed by atoms with Crippen LogP contribution in [0.15, 0.2) is 10.6 Å². The van der Waals surface area contributed by atoms with Crippen LogP contribution in [0.4, 0.5) is 0 Å². The van der Waals surface area contributed by atoms with Gasteiger partial charge in [-0.15, -0.1) is 0 Å². The molecule has 0 radical (unpaired) electrons. The highest BCUT2D eigenvalue weighted by Crippen LogP contribution is 2.26. The van der Waals surface area contributed by atoms with Gasteiger partial charge in [-0.2, -0.15) is 0 Å². The summed E-state index contributed by atoms with van der Waals surface area (Å²) in [5, 5.41) is 4.74. The fourth-order valence-electron chi connectivity index (χ4n) is 4.27. The van der Waals surface area contributed by atoms with Crippen LogP contribution in [0.3, 0.4) is 0 Å². The minimum Gasteiger partial charge on any atom is -0.339 e. The van der Waals surface area contributed by atoms with Crippen LogP contribution in [0, 0.1) is 13.8 Å². The predicted octanol–water partition coefficient (Wildman–Crippen LogP) is 2.93. The Morgan fingerprint density at radius 1 is 1.12 bits per heavy atom. The maximum absolute atomic E-state index is 13.1. The van der Waals surface area contributed by atoms with Gasteiger partial charge in [0.15, 0.2) is 0 Å². The molecule has 0 aliphatic carbocycles. The summed E-state index contributed by atoms with van der Waals surface area (Å²) in [7, 11) is 0. The summed E-state index contributed by atoms with van der Waals surface area (Å²) < 4.78 is 5.27. The molecule has 0 spiro atoms. The number of likely N-dealkylation sites (tertiary alicyclic amines) is 2. The molecule has 6 nitrogen and oxygen atoms in total. The van der Waals surface area contributed by atoms with Crippen LogP contribution in [0.2, 0.25) is 0 Å². The molecule has 4 heterocycles. The van der Waals surface area contributed by atoms with Gasteiger partial charge < -0.3 is 14.3 Å². The van der Waals surface area contributed by atoms with Crippen molar-refractivity contribution in [2.24, 2.45) is 0 Å². The molecule has 4 rings (SSSR count). The van der Waals surface area contributed by atoms with Crippen molar-refractivity contribution in [1.29, 1.82) is 0 Å². The summed E-state index contributed by atoms with van der Waals surface area (Å²) in [4.78, 5) is 22.1. The number of aromatic nitrogens is 2. The van der Waals surface area contributed by atoms with E-state index < -0.39 is 0 Å². The molecule has 0 aromatic carbocycles. The SMILES string of the molecule is Cc1cc(C(=O)N2CCC(N3CCCCC3)CC2)c2c(C)noc2n1. The third-order valence-electron chi connectivity index (χ3n) is 5.63. The molecule has 2 aliphatic rings. The lowest BCUT2D eigenvalue weighted by Crippen LogP contribution is -2.48. The molecule has 2 aromatic heterocycles. The largest absolute Gasteiger partial charge is 0.339 e. The molecule has 0 unspecified atom stereocenters. The number of carbonyl (C=O) groups is 1. The molecule has 2 aliphatic heterocycles. The van der Waals surface area contributed by atoms with E-state index in [2.05, 4.69) is 15.0 Å². The zero-order chi connectivity index (χ0) is 17.4. The molecule has 134 valence electrons. The van der Waals surface area contributed by atoms with Gasteiger partial charge in [0.05, 0.1) is 16.6 Å².